The Labute approximate surface area is 102 Å². The summed E-state index contributed by atoms with van der Waals surface area (Å²) in [5.74, 6) is -1.30. The number of carboxylic acids is 1. The lowest BCUT2D eigenvalue weighted by Crippen LogP contribution is -2.12. The van der Waals surface area contributed by atoms with Gasteiger partial charge >= 0.3 is 11.6 Å². The molecule has 0 amide bonds. The van der Waals surface area contributed by atoms with Crippen molar-refractivity contribution in [1.29, 1.82) is 0 Å². The molecule has 0 aliphatic rings. The summed E-state index contributed by atoms with van der Waals surface area (Å²) in [6.45, 7) is 0.419. The van der Waals surface area contributed by atoms with Gasteiger partial charge in [-0.15, -0.1) is 0 Å². The minimum absolute atomic E-state index is 0.356. The SMILES string of the molecule is NCC=Cc1ccc2oc(=O)c(C(=O)O)cc2c1. The summed E-state index contributed by atoms with van der Waals surface area (Å²) >= 11 is 0. The highest BCUT2D eigenvalue weighted by atomic mass is 16.4. The van der Waals surface area contributed by atoms with Crippen molar-refractivity contribution in [1.82, 2.24) is 0 Å². The van der Waals surface area contributed by atoms with Gasteiger partial charge in [-0.3, -0.25) is 0 Å². The Morgan fingerprint density at radius 2 is 2.17 bits per heavy atom. The lowest BCUT2D eigenvalue weighted by atomic mass is 10.1. The maximum Gasteiger partial charge on any atom is 0.351 e. The van der Waals surface area contributed by atoms with Gasteiger partial charge in [0.15, 0.2) is 0 Å². The highest BCUT2D eigenvalue weighted by Gasteiger charge is 2.11. The van der Waals surface area contributed by atoms with Crippen LogP contribution in [-0.2, 0) is 0 Å². The zero-order valence-electron chi connectivity index (χ0n) is 9.42. The Kier molecular flexibility index (Phi) is 3.25. The smallest absolute Gasteiger partial charge is 0.351 e. The number of carbonyl (C=O) groups is 1. The van der Waals surface area contributed by atoms with Gasteiger partial charge in [-0.1, -0.05) is 18.2 Å². The highest BCUT2D eigenvalue weighted by molar-refractivity contribution is 5.92. The van der Waals surface area contributed by atoms with Gasteiger partial charge < -0.3 is 15.3 Å². The molecule has 2 aromatic rings. The van der Waals surface area contributed by atoms with Crippen LogP contribution in [-0.4, -0.2) is 17.6 Å². The quantitative estimate of drug-likeness (QED) is 0.798. The van der Waals surface area contributed by atoms with E-state index in [2.05, 4.69) is 0 Å². The first-order valence-corrected chi connectivity index (χ1v) is 5.29. The van der Waals surface area contributed by atoms with Gasteiger partial charge in [0.1, 0.15) is 11.1 Å². The molecular weight excluding hydrogens is 234 g/mol. The number of nitrogens with two attached hydrogens (primary N) is 1. The van der Waals surface area contributed by atoms with Crippen molar-refractivity contribution in [3.63, 3.8) is 0 Å². The zero-order chi connectivity index (χ0) is 13.1. The third kappa shape index (κ3) is 2.31. The van der Waals surface area contributed by atoms with Crippen molar-refractivity contribution < 1.29 is 14.3 Å². The molecule has 0 aliphatic carbocycles. The van der Waals surface area contributed by atoms with E-state index in [4.69, 9.17) is 15.3 Å². The van der Waals surface area contributed by atoms with E-state index in [9.17, 15) is 9.59 Å². The molecule has 18 heavy (non-hydrogen) atoms. The minimum Gasteiger partial charge on any atom is -0.477 e. The minimum atomic E-state index is -1.30. The number of benzene rings is 1. The van der Waals surface area contributed by atoms with Crippen LogP contribution in [0.5, 0.6) is 0 Å². The molecule has 5 heteroatoms. The fourth-order valence-corrected chi connectivity index (χ4v) is 1.60. The first-order valence-electron chi connectivity index (χ1n) is 5.29. The Morgan fingerprint density at radius 1 is 1.39 bits per heavy atom. The van der Waals surface area contributed by atoms with Gasteiger partial charge in [-0.25, -0.2) is 9.59 Å². The van der Waals surface area contributed by atoms with Crippen LogP contribution in [0.25, 0.3) is 17.0 Å². The largest absolute Gasteiger partial charge is 0.477 e. The second-order valence-corrected chi connectivity index (χ2v) is 3.69. The van der Waals surface area contributed by atoms with Gasteiger partial charge in [0.25, 0.3) is 0 Å². The normalized spacial score (nSPS) is 11.2. The Bertz CT molecular complexity index is 685. The van der Waals surface area contributed by atoms with Crippen LogP contribution in [0, 0.1) is 0 Å². The van der Waals surface area contributed by atoms with Crippen molar-refractivity contribution in [3.8, 4) is 0 Å². The fraction of sp³-hybridized carbons (Fsp3) is 0.0769. The summed E-state index contributed by atoms with van der Waals surface area (Å²) in [5.41, 5.74) is 5.34. The van der Waals surface area contributed by atoms with Gasteiger partial charge in [0, 0.05) is 11.9 Å². The molecule has 1 aromatic carbocycles. The van der Waals surface area contributed by atoms with Crippen LogP contribution >= 0.6 is 0 Å². The van der Waals surface area contributed by atoms with Crippen LogP contribution < -0.4 is 11.4 Å². The molecule has 1 heterocycles. The molecule has 92 valence electrons. The van der Waals surface area contributed by atoms with Crippen molar-refractivity contribution in [2.75, 3.05) is 6.54 Å². The van der Waals surface area contributed by atoms with Crippen LogP contribution in [0.4, 0.5) is 0 Å². The summed E-state index contributed by atoms with van der Waals surface area (Å²) in [7, 11) is 0. The Hall–Kier alpha value is -2.40. The lowest BCUT2D eigenvalue weighted by molar-refractivity contribution is 0.0692. The average molecular weight is 245 g/mol. The van der Waals surface area contributed by atoms with E-state index in [0.29, 0.717) is 17.5 Å². The van der Waals surface area contributed by atoms with E-state index in [0.717, 1.165) is 5.56 Å². The molecule has 5 nitrogen and oxygen atoms in total. The molecule has 0 unspecified atom stereocenters. The fourth-order valence-electron chi connectivity index (χ4n) is 1.60. The number of hydrogen-bond acceptors (Lipinski definition) is 4. The van der Waals surface area contributed by atoms with E-state index in [-0.39, 0.29) is 5.56 Å². The van der Waals surface area contributed by atoms with E-state index in [1.165, 1.54) is 6.07 Å². The first-order chi connectivity index (χ1) is 8.61. The topological polar surface area (TPSA) is 93.5 Å². The summed E-state index contributed by atoms with van der Waals surface area (Å²) in [6, 6.07) is 6.43. The van der Waals surface area contributed by atoms with E-state index >= 15 is 0 Å². The maximum atomic E-state index is 11.4. The molecule has 0 aliphatic heterocycles. The van der Waals surface area contributed by atoms with Gasteiger partial charge in [0.2, 0.25) is 0 Å². The number of hydrogen-bond donors (Lipinski definition) is 2. The molecule has 0 bridgehead atoms. The summed E-state index contributed by atoms with van der Waals surface area (Å²) < 4.78 is 4.93. The number of fused-ring (bicyclic) bond motifs is 1. The second-order valence-electron chi connectivity index (χ2n) is 3.69. The first kappa shape index (κ1) is 12.1. The molecule has 0 spiro atoms. The predicted molar refractivity (Wildman–Crippen MR) is 67.5 cm³/mol. The standard InChI is InChI=1S/C13H11NO4/c14-5-1-2-8-3-4-11-9(6-8)7-10(12(15)16)13(17)18-11/h1-4,6-7H,5,14H2,(H,15,16). The second kappa shape index (κ2) is 4.85. The average Bonchev–Trinajstić information content (AvgIpc) is 2.35. The third-order valence-electron chi connectivity index (χ3n) is 2.43. The van der Waals surface area contributed by atoms with E-state index in [1.807, 2.05) is 6.08 Å². The number of aromatic carboxylic acids is 1. The molecule has 0 saturated heterocycles. The third-order valence-corrected chi connectivity index (χ3v) is 2.43. The molecule has 0 saturated carbocycles. The maximum absolute atomic E-state index is 11.4. The Morgan fingerprint density at radius 3 is 2.83 bits per heavy atom. The lowest BCUT2D eigenvalue weighted by Gasteiger charge is -2.00. The van der Waals surface area contributed by atoms with E-state index in [1.54, 1.807) is 24.3 Å². The van der Waals surface area contributed by atoms with Crippen LogP contribution in [0.1, 0.15) is 15.9 Å². The van der Waals surface area contributed by atoms with E-state index < -0.39 is 11.6 Å². The summed E-state index contributed by atoms with van der Waals surface area (Å²) in [5, 5.41) is 9.41. The van der Waals surface area contributed by atoms with Crippen LogP contribution in [0.3, 0.4) is 0 Å². The molecule has 0 atom stereocenters. The van der Waals surface area contributed by atoms with Crippen molar-refractivity contribution in [2.45, 2.75) is 0 Å². The molecule has 0 fully saturated rings. The van der Waals surface area contributed by atoms with Crippen LogP contribution in [0.15, 0.2) is 39.6 Å². The monoisotopic (exact) mass is 245 g/mol. The summed E-state index contributed by atoms with van der Waals surface area (Å²) in [4.78, 5) is 22.2. The highest BCUT2D eigenvalue weighted by Crippen LogP contribution is 2.16. The van der Waals surface area contributed by atoms with Crippen molar-refractivity contribution in [3.05, 3.63) is 51.9 Å². The number of carboxylic acid groups (broad SMARTS) is 1. The van der Waals surface area contributed by atoms with Gasteiger partial charge in [0.05, 0.1) is 0 Å². The van der Waals surface area contributed by atoms with Crippen molar-refractivity contribution in [2.24, 2.45) is 5.73 Å². The molecule has 0 radical (unpaired) electrons. The van der Waals surface area contributed by atoms with Gasteiger partial charge in [-0.05, 0) is 23.8 Å². The predicted octanol–water partition coefficient (Wildman–Crippen LogP) is 1.46. The van der Waals surface area contributed by atoms with Crippen molar-refractivity contribution >= 4 is 23.0 Å². The Balaban J connectivity index is 2.61. The zero-order valence-corrected chi connectivity index (χ0v) is 9.42. The molecular formula is C13H11NO4. The number of rotatable bonds is 3. The van der Waals surface area contributed by atoms with Gasteiger partial charge in [-0.2, -0.15) is 0 Å². The summed E-state index contributed by atoms with van der Waals surface area (Å²) in [6.07, 6.45) is 3.59. The van der Waals surface area contributed by atoms with Crippen LogP contribution in [0.2, 0.25) is 0 Å². The molecule has 1 aromatic heterocycles. The molecule has 3 N–H and O–H groups in total. The molecule has 2 rings (SSSR count).